The summed E-state index contributed by atoms with van der Waals surface area (Å²) >= 11 is 0. The Morgan fingerprint density at radius 1 is 1.40 bits per heavy atom. The van der Waals surface area contributed by atoms with E-state index in [1.165, 1.54) is 0 Å². The van der Waals surface area contributed by atoms with E-state index in [0.717, 1.165) is 19.4 Å². The first kappa shape index (κ1) is 9.66. The lowest BCUT2D eigenvalue weighted by atomic mass is 10.3. The maximum Gasteiger partial charge on any atom is 0.0697 e. The SMILES string of the molecule is C/C=C\CCCOCCO. The van der Waals surface area contributed by atoms with Crippen LogP contribution in [-0.4, -0.2) is 24.9 Å². The van der Waals surface area contributed by atoms with Crippen LogP contribution in [0.25, 0.3) is 0 Å². The molecule has 0 aliphatic carbocycles. The van der Waals surface area contributed by atoms with Gasteiger partial charge in [0.25, 0.3) is 0 Å². The van der Waals surface area contributed by atoms with E-state index in [4.69, 9.17) is 9.84 Å². The van der Waals surface area contributed by atoms with Crippen molar-refractivity contribution in [2.75, 3.05) is 19.8 Å². The zero-order chi connectivity index (χ0) is 7.66. The smallest absolute Gasteiger partial charge is 0.0697 e. The third-order valence-corrected chi connectivity index (χ3v) is 1.13. The van der Waals surface area contributed by atoms with Gasteiger partial charge in [-0.2, -0.15) is 0 Å². The lowest BCUT2D eigenvalue weighted by Crippen LogP contribution is -1.99. The van der Waals surface area contributed by atoms with E-state index < -0.39 is 0 Å². The van der Waals surface area contributed by atoms with Crippen molar-refractivity contribution in [1.29, 1.82) is 0 Å². The molecular formula is C8H16O2. The topological polar surface area (TPSA) is 29.5 Å². The number of rotatable bonds is 6. The second-order valence-corrected chi connectivity index (χ2v) is 2.05. The summed E-state index contributed by atoms with van der Waals surface area (Å²) in [5.41, 5.74) is 0. The molecule has 10 heavy (non-hydrogen) atoms. The normalized spacial score (nSPS) is 11.0. The van der Waals surface area contributed by atoms with Crippen molar-refractivity contribution >= 4 is 0 Å². The van der Waals surface area contributed by atoms with Crippen LogP contribution in [0.3, 0.4) is 0 Å². The van der Waals surface area contributed by atoms with Crippen molar-refractivity contribution in [1.82, 2.24) is 0 Å². The first-order valence-electron chi connectivity index (χ1n) is 3.71. The number of aliphatic hydroxyl groups is 1. The summed E-state index contributed by atoms with van der Waals surface area (Å²) in [7, 11) is 0. The molecule has 0 fully saturated rings. The van der Waals surface area contributed by atoms with Crippen molar-refractivity contribution in [2.45, 2.75) is 19.8 Å². The van der Waals surface area contributed by atoms with Gasteiger partial charge in [-0.15, -0.1) is 0 Å². The van der Waals surface area contributed by atoms with E-state index in [1.54, 1.807) is 0 Å². The van der Waals surface area contributed by atoms with Crippen LogP contribution in [0.5, 0.6) is 0 Å². The number of aliphatic hydroxyl groups excluding tert-OH is 1. The van der Waals surface area contributed by atoms with Crippen LogP contribution in [0.4, 0.5) is 0 Å². The van der Waals surface area contributed by atoms with Gasteiger partial charge in [0.2, 0.25) is 0 Å². The minimum Gasteiger partial charge on any atom is -0.394 e. The molecule has 0 atom stereocenters. The van der Waals surface area contributed by atoms with Gasteiger partial charge in [-0.1, -0.05) is 12.2 Å². The Labute approximate surface area is 62.5 Å². The molecule has 0 aromatic rings. The second kappa shape index (κ2) is 8.66. The highest BCUT2D eigenvalue weighted by Crippen LogP contribution is 1.90. The van der Waals surface area contributed by atoms with Crippen molar-refractivity contribution in [2.24, 2.45) is 0 Å². The first-order chi connectivity index (χ1) is 4.91. The summed E-state index contributed by atoms with van der Waals surface area (Å²) in [5, 5.41) is 8.33. The Hall–Kier alpha value is -0.340. The quantitative estimate of drug-likeness (QED) is 0.450. The van der Waals surface area contributed by atoms with Crippen LogP contribution in [-0.2, 0) is 4.74 Å². The Morgan fingerprint density at radius 3 is 2.80 bits per heavy atom. The molecule has 0 spiro atoms. The summed E-state index contributed by atoms with van der Waals surface area (Å²) in [6, 6.07) is 0. The van der Waals surface area contributed by atoms with Crippen molar-refractivity contribution < 1.29 is 9.84 Å². The summed E-state index contributed by atoms with van der Waals surface area (Å²) in [6.07, 6.45) is 6.26. The monoisotopic (exact) mass is 144 g/mol. The summed E-state index contributed by atoms with van der Waals surface area (Å²) in [5.74, 6) is 0. The highest BCUT2D eigenvalue weighted by atomic mass is 16.5. The molecule has 0 amide bonds. The molecule has 0 rings (SSSR count). The predicted octanol–water partition coefficient (Wildman–Crippen LogP) is 1.35. The van der Waals surface area contributed by atoms with E-state index >= 15 is 0 Å². The number of unbranched alkanes of at least 4 members (excludes halogenated alkanes) is 1. The molecule has 0 saturated heterocycles. The third-order valence-electron chi connectivity index (χ3n) is 1.13. The zero-order valence-corrected chi connectivity index (χ0v) is 6.55. The fourth-order valence-electron chi connectivity index (χ4n) is 0.637. The summed E-state index contributed by atoms with van der Waals surface area (Å²) in [6.45, 7) is 3.36. The number of ether oxygens (including phenoxy) is 1. The van der Waals surface area contributed by atoms with Crippen LogP contribution in [0.2, 0.25) is 0 Å². The fraction of sp³-hybridized carbons (Fsp3) is 0.750. The maximum absolute atomic E-state index is 8.33. The number of allylic oxidation sites excluding steroid dienone is 2. The van der Waals surface area contributed by atoms with Crippen molar-refractivity contribution in [3.63, 3.8) is 0 Å². The lowest BCUT2D eigenvalue weighted by molar-refractivity contribution is 0.0912. The van der Waals surface area contributed by atoms with Crippen molar-refractivity contribution in [3.8, 4) is 0 Å². The van der Waals surface area contributed by atoms with E-state index in [2.05, 4.69) is 6.08 Å². The van der Waals surface area contributed by atoms with E-state index in [0.29, 0.717) is 6.61 Å². The van der Waals surface area contributed by atoms with Crippen LogP contribution in [0.1, 0.15) is 19.8 Å². The molecule has 2 nitrogen and oxygen atoms in total. The number of hydrogen-bond donors (Lipinski definition) is 1. The lowest BCUT2D eigenvalue weighted by Gasteiger charge is -1.98. The summed E-state index contributed by atoms with van der Waals surface area (Å²) < 4.78 is 5.05. The van der Waals surface area contributed by atoms with E-state index in [9.17, 15) is 0 Å². The van der Waals surface area contributed by atoms with Gasteiger partial charge in [-0.25, -0.2) is 0 Å². The minimum atomic E-state index is 0.129. The molecule has 0 saturated carbocycles. The molecule has 60 valence electrons. The van der Waals surface area contributed by atoms with Crippen molar-refractivity contribution in [3.05, 3.63) is 12.2 Å². The molecule has 0 bridgehead atoms. The molecule has 0 aliphatic rings. The Balaban J connectivity index is 2.77. The Kier molecular flexibility index (Phi) is 8.37. The average molecular weight is 144 g/mol. The molecule has 0 radical (unpaired) electrons. The van der Waals surface area contributed by atoms with E-state index in [-0.39, 0.29) is 6.61 Å². The molecule has 0 heterocycles. The van der Waals surface area contributed by atoms with Crippen LogP contribution in [0.15, 0.2) is 12.2 Å². The maximum atomic E-state index is 8.33. The standard InChI is InChI=1S/C8H16O2/c1-2-3-4-5-7-10-8-6-9/h2-3,9H,4-8H2,1H3/b3-2-. The van der Waals surface area contributed by atoms with Crippen LogP contribution in [0, 0.1) is 0 Å². The van der Waals surface area contributed by atoms with Gasteiger partial charge in [-0.3, -0.25) is 0 Å². The van der Waals surface area contributed by atoms with Gasteiger partial charge in [0.05, 0.1) is 13.2 Å². The van der Waals surface area contributed by atoms with Gasteiger partial charge >= 0.3 is 0 Å². The Bertz CT molecular complexity index is 79.3. The molecule has 1 N–H and O–H groups in total. The average Bonchev–Trinajstić information content (AvgIpc) is 1.97. The summed E-state index contributed by atoms with van der Waals surface area (Å²) in [4.78, 5) is 0. The molecule has 0 aromatic heterocycles. The largest absolute Gasteiger partial charge is 0.394 e. The second-order valence-electron chi connectivity index (χ2n) is 2.05. The predicted molar refractivity (Wildman–Crippen MR) is 42.0 cm³/mol. The molecule has 0 unspecified atom stereocenters. The highest BCUT2D eigenvalue weighted by molar-refractivity contribution is 4.75. The first-order valence-corrected chi connectivity index (χ1v) is 3.71. The zero-order valence-electron chi connectivity index (χ0n) is 6.55. The molecule has 0 aromatic carbocycles. The van der Waals surface area contributed by atoms with Crippen LogP contribution < -0.4 is 0 Å². The highest BCUT2D eigenvalue weighted by Gasteiger charge is 1.84. The third kappa shape index (κ3) is 7.66. The van der Waals surface area contributed by atoms with Gasteiger partial charge in [-0.05, 0) is 19.8 Å². The molecule has 2 heteroatoms. The van der Waals surface area contributed by atoms with Gasteiger partial charge < -0.3 is 9.84 Å². The van der Waals surface area contributed by atoms with Crippen LogP contribution >= 0.6 is 0 Å². The Morgan fingerprint density at radius 2 is 2.20 bits per heavy atom. The fourth-order valence-corrected chi connectivity index (χ4v) is 0.637. The van der Waals surface area contributed by atoms with Gasteiger partial charge in [0, 0.05) is 6.61 Å². The molecule has 0 aliphatic heterocycles. The van der Waals surface area contributed by atoms with Gasteiger partial charge in [0.1, 0.15) is 0 Å². The number of hydrogen-bond acceptors (Lipinski definition) is 2. The van der Waals surface area contributed by atoms with E-state index in [1.807, 2.05) is 13.0 Å². The van der Waals surface area contributed by atoms with Gasteiger partial charge in [0.15, 0.2) is 0 Å². The molecular weight excluding hydrogens is 128 g/mol. The minimum absolute atomic E-state index is 0.129.